The highest BCUT2D eigenvalue weighted by Gasteiger charge is 2.23. The molecule has 0 radical (unpaired) electrons. The Morgan fingerprint density at radius 2 is 2.29 bits per heavy atom. The summed E-state index contributed by atoms with van der Waals surface area (Å²) in [5.41, 5.74) is 0.662. The van der Waals surface area contributed by atoms with Gasteiger partial charge in [0.05, 0.1) is 7.11 Å². The van der Waals surface area contributed by atoms with Crippen molar-refractivity contribution in [2.75, 3.05) is 7.11 Å². The molecule has 88 valence electrons. The van der Waals surface area contributed by atoms with Crippen LogP contribution >= 0.6 is 12.2 Å². The second-order valence-electron chi connectivity index (χ2n) is 3.28. The number of carbonyl (C=O) groups excluding carboxylic acids is 1. The Labute approximate surface area is 103 Å². The van der Waals surface area contributed by atoms with Gasteiger partial charge >= 0.3 is 0 Å². The van der Waals surface area contributed by atoms with Crippen LogP contribution in [0.25, 0.3) is 6.08 Å². The second kappa shape index (κ2) is 4.42. The third-order valence-corrected chi connectivity index (χ3v) is 2.33. The van der Waals surface area contributed by atoms with Gasteiger partial charge in [0, 0.05) is 0 Å². The summed E-state index contributed by atoms with van der Waals surface area (Å²) < 4.78 is 9.96. The Hall–Kier alpha value is -2.08. The van der Waals surface area contributed by atoms with E-state index in [4.69, 9.17) is 21.7 Å². The van der Waals surface area contributed by atoms with E-state index < -0.39 is 0 Å². The molecule has 17 heavy (non-hydrogen) atoms. The Balaban J connectivity index is 2.33. The molecule has 6 heteroatoms. The molecule has 1 aromatic carbocycles. The van der Waals surface area contributed by atoms with Gasteiger partial charge in [-0.2, -0.15) is 0 Å². The molecule has 5 nitrogen and oxygen atoms in total. The van der Waals surface area contributed by atoms with Gasteiger partial charge in [-0.1, -0.05) is 6.07 Å². The average Bonchev–Trinajstić information content (AvgIpc) is 2.60. The van der Waals surface area contributed by atoms with Crippen LogP contribution in [0.5, 0.6) is 11.5 Å². The standard InChI is InChI=1S/C11H9NO4S/c1-15-8-4-6(2-3-7(8)13)5-9-10(14)12-11(17)16-9/h2-5,13H,1H3,(H,12,14,17). The summed E-state index contributed by atoms with van der Waals surface area (Å²) in [6.45, 7) is 0. The van der Waals surface area contributed by atoms with Crippen molar-refractivity contribution in [2.24, 2.45) is 0 Å². The molecule has 0 aliphatic carbocycles. The third-order valence-electron chi connectivity index (χ3n) is 2.14. The van der Waals surface area contributed by atoms with E-state index in [0.29, 0.717) is 11.3 Å². The van der Waals surface area contributed by atoms with Gasteiger partial charge in [-0.25, -0.2) is 0 Å². The van der Waals surface area contributed by atoms with E-state index in [9.17, 15) is 9.90 Å². The van der Waals surface area contributed by atoms with E-state index in [1.807, 2.05) is 0 Å². The number of nitrogens with one attached hydrogen (secondary N) is 1. The first kappa shape index (κ1) is 11.4. The lowest BCUT2D eigenvalue weighted by Crippen LogP contribution is -2.18. The number of ether oxygens (including phenoxy) is 2. The van der Waals surface area contributed by atoms with Crippen LogP contribution in [0.1, 0.15) is 5.56 Å². The molecular weight excluding hydrogens is 242 g/mol. The Morgan fingerprint density at radius 1 is 1.53 bits per heavy atom. The van der Waals surface area contributed by atoms with Crippen molar-refractivity contribution in [3.63, 3.8) is 0 Å². The Kier molecular flexibility index (Phi) is 2.97. The highest BCUT2D eigenvalue weighted by molar-refractivity contribution is 7.80. The predicted molar refractivity (Wildman–Crippen MR) is 64.5 cm³/mol. The van der Waals surface area contributed by atoms with E-state index in [0.717, 1.165) is 0 Å². The molecule has 1 heterocycles. The SMILES string of the molecule is COc1cc(C=C2OC(=S)NC2=O)ccc1O. The molecule has 1 aliphatic rings. The van der Waals surface area contributed by atoms with E-state index in [1.54, 1.807) is 12.1 Å². The van der Waals surface area contributed by atoms with Crippen LogP contribution < -0.4 is 10.1 Å². The van der Waals surface area contributed by atoms with Crippen LogP contribution in [-0.4, -0.2) is 23.3 Å². The van der Waals surface area contributed by atoms with Gasteiger partial charge in [0.2, 0.25) is 0 Å². The molecule has 0 aromatic heterocycles. The van der Waals surface area contributed by atoms with Crippen molar-refractivity contribution in [3.05, 3.63) is 29.5 Å². The van der Waals surface area contributed by atoms with Gasteiger partial charge in [-0.15, -0.1) is 0 Å². The summed E-state index contributed by atoms with van der Waals surface area (Å²) in [4.78, 5) is 11.3. The number of hydrogen-bond acceptors (Lipinski definition) is 5. The first-order valence-electron chi connectivity index (χ1n) is 4.72. The van der Waals surface area contributed by atoms with Crippen molar-refractivity contribution in [3.8, 4) is 11.5 Å². The smallest absolute Gasteiger partial charge is 0.294 e. The molecule has 0 spiro atoms. The Morgan fingerprint density at radius 3 is 2.88 bits per heavy atom. The minimum atomic E-state index is -0.387. The fourth-order valence-corrected chi connectivity index (χ4v) is 1.54. The number of phenols is 1. The number of amides is 1. The number of thiocarbonyl (C=S) groups is 1. The van der Waals surface area contributed by atoms with E-state index in [2.05, 4.69) is 5.32 Å². The number of benzene rings is 1. The lowest BCUT2D eigenvalue weighted by atomic mass is 10.2. The summed E-state index contributed by atoms with van der Waals surface area (Å²) in [5, 5.41) is 11.8. The average molecular weight is 251 g/mol. The first-order chi connectivity index (χ1) is 8.10. The van der Waals surface area contributed by atoms with Gasteiger partial charge in [-0.3, -0.25) is 10.1 Å². The van der Waals surface area contributed by atoms with E-state index in [1.165, 1.54) is 19.3 Å². The summed E-state index contributed by atoms with van der Waals surface area (Å²) >= 11 is 4.70. The topological polar surface area (TPSA) is 67.8 Å². The maximum Gasteiger partial charge on any atom is 0.294 e. The number of rotatable bonds is 2. The number of phenolic OH excluding ortho intramolecular Hbond substituents is 1. The summed E-state index contributed by atoms with van der Waals surface area (Å²) in [6.07, 6.45) is 1.51. The molecule has 0 bridgehead atoms. The predicted octanol–water partition coefficient (Wildman–Crippen LogP) is 1.17. The molecule has 2 N–H and O–H groups in total. The van der Waals surface area contributed by atoms with Gasteiger partial charge in [0.1, 0.15) is 0 Å². The second-order valence-corrected chi connectivity index (χ2v) is 3.65. The summed E-state index contributed by atoms with van der Waals surface area (Å²) in [7, 11) is 1.44. The van der Waals surface area contributed by atoms with E-state index in [-0.39, 0.29) is 22.6 Å². The highest BCUT2D eigenvalue weighted by Crippen LogP contribution is 2.27. The quantitative estimate of drug-likeness (QED) is 0.610. The summed E-state index contributed by atoms with van der Waals surface area (Å²) in [6, 6.07) is 4.68. The largest absolute Gasteiger partial charge is 0.504 e. The molecule has 1 saturated heterocycles. The van der Waals surface area contributed by atoms with Crippen LogP contribution in [0, 0.1) is 0 Å². The molecule has 1 fully saturated rings. The number of methoxy groups -OCH3 is 1. The van der Waals surface area contributed by atoms with Crippen LogP contribution in [-0.2, 0) is 9.53 Å². The van der Waals surface area contributed by atoms with Crippen molar-refractivity contribution >= 4 is 29.4 Å². The normalized spacial score (nSPS) is 16.9. The minimum Gasteiger partial charge on any atom is -0.504 e. The number of hydrogen-bond donors (Lipinski definition) is 2. The molecule has 0 atom stereocenters. The number of aromatic hydroxyl groups is 1. The van der Waals surface area contributed by atoms with Crippen LogP contribution in [0.2, 0.25) is 0 Å². The third kappa shape index (κ3) is 2.36. The van der Waals surface area contributed by atoms with Crippen molar-refractivity contribution in [1.29, 1.82) is 0 Å². The van der Waals surface area contributed by atoms with Crippen LogP contribution in [0.15, 0.2) is 24.0 Å². The van der Waals surface area contributed by atoms with Crippen molar-refractivity contribution < 1.29 is 19.4 Å². The van der Waals surface area contributed by atoms with Gasteiger partial charge in [0.15, 0.2) is 17.3 Å². The minimum absolute atomic E-state index is 0.0296. The number of carbonyl (C=O) groups is 1. The molecule has 2 rings (SSSR count). The highest BCUT2D eigenvalue weighted by atomic mass is 32.1. The molecular formula is C11H9NO4S. The fourth-order valence-electron chi connectivity index (χ4n) is 1.36. The maximum absolute atomic E-state index is 11.3. The van der Waals surface area contributed by atoms with Crippen molar-refractivity contribution in [1.82, 2.24) is 5.32 Å². The zero-order valence-corrected chi connectivity index (χ0v) is 9.71. The van der Waals surface area contributed by atoms with Gasteiger partial charge in [-0.05, 0) is 36.0 Å². The van der Waals surface area contributed by atoms with Crippen LogP contribution in [0.3, 0.4) is 0 Å². The van der Waals surface area contributed by atoms with E-state index >= 15 is 0 Å². The monoisotopic (exact) mass is 251 g/mol. The fraction of sp³-hybridized carbons (Fsp3) is 0.0909. The van der Waals surface area contributed by atoms with Gasteiger partial charge in [0.25, 0.3) is 11.1 Å². The zero-order chi connectivity index (χ0) is 12.4. The molecule has 0 saturated carbocycles. The first-order valence-corrected chi connectivity index (χ1v) is 5.13. The summed E-state index contributed by atoms with van der Waals surface area (Å²) in [5.74, 6) is 0.0760. The molecule has 1 aliphatic heterocycles. The molecule has 1 aromatic rings. The molecule has 0 unspecified atom stereocenters. The maximum atomic E-state index is 11.3. The lowest BCUT2D eigenvalue weighted by molar-refractivity contribution is -0.116. The van der Waals surface area contributed by atoms with Crippen LogP contribution in [0.4, 0.5) is 0 Å². The van der Waals surface area contributed by atoms with Crippen molar-refractivity contribution in [2.45, 2.75) is 0 Å². The Bertz CT molecular complexity index is 524. The zero-order valence-electron chi connectivity index (χ0n) is 8.89. The molecule has 1 amide bonds. The lowest BCUT2D eigenvalue weighted by Gasteiger charge is -2.03. The van der Waals surface area contributed by atoms with Gasteiger partial charge < -0.3 is 14.6 Å².